The molecule has 0 saturated carbocycles. The fourth-order valence-corrected chi connectivity index (χ4v) is 1.93. The Labute approximate surface area is 105 Å². The van der Waals surface area contributed by atoms with Gasteiger partial charge in [0.15, 0.2) is 0 Å². The average Bonchev–Trinajstić information content (AvgIpc) is 2.34. The molecule has 1 rings (SSSR count). The summed E-state index contributed by atoms with van der Waals surface area (Å²) in [5.41, 5.74) is 8.55. The van der Waals surface area contributed by atoms with E-state index < -0.39 is 0 Å². The zero-order chi connectivity index (χ0) is 12.5. The van der Waals surface area contributed by atoms with Crippen LogP contribution in [-0.2, 0) is 4.74 Å². The Balaban J connectivity index is 2.21. The van der Waals surface area contributed by atoms with E-state index >= 15 is 0 Å². The van der Waals surface area contributed by atoms with Gasteiger partial charge in [-0.3, -0.25) is 0 Å². The van der Waals surface area contributed by atoms with Gasteiger partial charge in [0.25, 0.3) is 0 Å². The molecule has 0 radical (unpaired) electrons. The number of aryl methyl sites for hydroxylation is 1. The van der Waals surface area contributed by atoms with Crippen LogP contribution in [0.2, 0.25) is 0 Å². The zero-order valence-electron chi connectivity index (χ0n) is 11.1. The Hall–Kier alpha value is -0.860. The highest BCUT2D eigenvalue weighted by atomic mass is 16.5. The molecular formula is C15H25NO. The molecule has 1 aromatic rings. The molecule has 17 heavy (non-hydrogen) atoms. The van der Waals surface area contributed by atoms with Crippen LogP contribution in [0.25, 0.3) is 0 Å². The Morgan fingerprint density at radius 3 is 2.65 bits per heavy atom. The molecule has 2 N–H and O–H groups in total. The second kappa shape index (κ2) is 8.26. The Morgan fingerprint density at radius 2 is 1.94 bits per heavy atom. The van der Waals surface area contributed by atoms with Gasteiger partial charge in [-0.1, -0.05) is 50.5 Å². The normalized spacial score (nSPS) is 12.6. The van der Waals surface area contributed by atoms with Crippen molar-refractivity contribution in [2.75, 3.05) is 13.2 Å². The van der Waals surface area contributed by atoms with Crippen LogP contribution in [0.5, 0.6) is 0 Å². The minimum Gasteiger partial charge on any atom is -0.379 e. The topological polar surface area (TPSA) is 35.2 Å². The smallest absolute Gasteiger partial charge is 0.0659 e. The van der Waals surface area contributed by atoms with Gasteiger partial charge in [0.2, 0.25) is 0 Å². The van der Waals surface area contributed by atoms with Crippen molar-refractivity contribution in [3.8, 4) is 0 Å². The van der Waals surface area contributed by atoms with Gasteiger partial charge in [-0.25, -0.2) is 0 Å². The van der Waals surface area contributed by atoms with Crippen LogP contribution in [0.4, 0.5) is 0 Å². The number of unbranched alkanes of at least 4 members (excludes halogenated alkanes) is 3. The second-order valence-electron chi connectivity index (χ2n) is 4.60. The van der Waals surface area contributed by atoms with Crippen molar-refractivity contribution in [3.05, 3.63) is 35.4 Å². The number of benzene rings is 1. The van der Waals surface area contributed by atoms with Crippen LogP contribution in [-0.4, -0.2) is 13.2 Å². The molecule has 0 saturated heterocycles. The highest BCUT2D eigenvalue weighted by Gasteiger charge is 2.07. The maximum absolute atomic E-state index is 6.11. The van der Waals surface area contributed by atoms with E-state index in [-0.39, 0.29) is 6.04 Å². The number of hydrogen-bond donors (Lipinski definition) is 1. The third-order valence-corrected chi connectivity index (χ3v) is 3.03. The molecule has 0 amide bonds. The molecule has 2 heteroatoms. The lowest BCUT2D eigenvalue weighted by Gasteiger charge is -2.14. The van der Waals surface area contributed by atoms with E-state index in [1.807, 2.05) is 12.1 Å². The summed E-state index contributed by atoms with van der Waals surface area (Å²) in [5.74, 6) is 0. The summed E-state index contributed by atoms with van der Waals surface area (Å²) < 4.78 is 5.63. The molecule has 0 bridgehead atoms. The van der Waals surface area contributed by atoms with Gasteiger partial charge < -0.3 is 10.5 Å². The molecule has 0 aliphatic carbocycles. The quantitative estimate of drug-likeness (QED) is 0.699. The lowest BCUT2D eigenvalue weighted by molar-refractivity contribution is 0.117. The minimum atomic E-state index is 0.00220. The van der Waals surface area contributed by atoms with Gasteiger partial charge in [-0.15, -0.1) is 0 Å². The van der Waals surface area contributed by atoms with E-state index in [0.29, 0.717) is 6.61 Å². The van der Waals surface area contributed by atoms with Crippen LogP contribution in [0.15, 0.2) is 24.3 Å². The molecule has 1 atom stereocenters. The monoisotopic (exact) mass is 235 g/mol. The van der Waals surface area contributed by atoms with E-state index in [0.717, 1.165) is 13.0 Å². The second-order valence-corrected chi connectivity index (χ2v) is 4.60. The first-order chi connectivity index (χ1) is 8.25. The predicted molar refractivity (Wildman–Crippen MR) is 73.1 cm³/mol. The highest BCUT2D eigenvalue weighted by Crippen LogP contribution is 2.15. The minimum absolute atomic E-state index is 0.00220. The summed E-state index contributed by atoms with van der Waals surface area (Å²) in [5, 5.41) is 0. The molecular weight excluding hydrogens is 210 g/mol. The van der Waals surface area contributed by atoms with Gasteiger partial charge in [0.05, 0.1) is 12.6 Å². The largest absolute Gasteiger partial charge is 0.379 e. The first kappa shape index (κ1) is 14.2. The van der Waals surface area contributed by atoms with E-state index in [9.17, 15) is 0 Å². The van der Waals surface area contributed by atoms with Crippen molar-refractivity contribution in [1.29, 1.82) is 0 Å². The maximum Gasteiger partial charge on any atom is 0.0659 e. The van der Waals surface area contributed by atoms with E-state index in [4.69, 9.17) is 10.5 Å². The molecule has 0 heterocycles. The van der Waals surface area contributed by atoms with Crippen LogP contribution in [0.1, 0.15) is 49.8 Å². The van der Waals surface area contributed by atoms with Crippen molar-refractivity contribution in [1.82, 2.24) is 0 Å². The first-order valence-electron chi connectivity index (χ1n) is 6.64. The lowest BCUT2D eigenvalue weighted by atomic mass is 10.0. The van der Waals surface area contributed by atoms with Crippen molar-refractivity contribution in [3.63, 3.8) is 0 Å². The van der Waals surface area contributed by atoms with Gasteiger partial charge in [-0.2, -0.15) is 0 Å². The van der Waals surface area contributed by atoms with Crippen LogP contribution in [0.3, 0.4) is 0 Å². The Bertz CT molecular complexity index is 312. The summed E-state index contributed by atoms with van der Waals surface area (Å²) >= 11 is 0. The zero-order valence-corrected chi connectivity index (χ0v) is 11.1. The van der Waals surface area contributed by atoms with Crippen LogP contribution >= 0.6 is 0 Å². The third kappa shape index (κ3) is 5.33. The van der Waals surface area contributed by atoms with Crippen LogP contribution < -0.4 is 5.73 Å². The molecule has 0 spiro atoms. The standard InChI is InChI=1S/C15H25NO/c1-3-4-5-8-11-17-12-15(16)14-10-7-6-9-13(14)2/h6-7,9-10,15H,3-5,8,11-12,16H2,1-2H3. The molecule has 1 aromatic carbocycles. The molecule has 1 unspecified atom stereocenters. The van der Waals surface area contributed by atoms with Gasteiger partial charge >= 0.3 is 0 Å². The summed E-state index contributed by atoms with van der Waals surface area (Å²) in [4.78, 5) is 0. The van der Waals surface area contributed by atoms with Crippen molar-refractivity contribution < 1.29 is 4.74 Å². The number of rotatable bonds is 8. The molecule has 0 aromatic heterocycles. The maximum atomic E-state index is 6.11. The lowest BCUT2D eigenvalue weighted by Crippen LogP contribution is -2.18. The van der Waals surface area contributed by atoms with Gasteiger partial charge in [0.1, 0.15) is 0 Å². The summed E-state index contributed by atoms with van der Waals surface area (Å²) in [6.07, 6.45) is 4.97. The van der Waals surface area contributed by atoms with Gasteiger partial charge in [0, 0.05) is 6.61 Å². The number of nitrogens with two attached hydrogens (primary N) is 1. The van der Waals surface area contributed by atoms with E-state index in [1.54, 1.807) is 0 Å². The fourth-order valence-electron chi connectivity index (χ4n) is 1.93. The van der Waals surface area contributed by atoms with E-state index in [1.165, 1.54) is 30.4 Å². The van der Waals surface area contributed by atoms with Crippen molar-refractivity contribution in [2.24, 2.45) is 5.73 Å². The Morgan fingerprint density at radius 1 is 1.18 bits per heavy atom. The SMILES string of the molecule is CCCCCCOCC(N)c1ccccc1C. The molecule has 0 aliphatic rings. The fraction of sp³-hybridized carbons (Fsp3) is 0.600. The molecule has 0 aliphatic heterocycles. The van der Waals surface area contributed by atoms with Crippen molar-refractivity contribution in [2.45, 2.75) is 45.6 Å². The van der Waals surface area contributed by atoms with Gasteiger partial charge in [-0.05, 0) is 24.5 Å². The van der Waals surface area contributed by atoms with E-state index in [2.05, 4.69) is 26.0 Å². The number of hydrogen-bond acceptors (Lipinski definition) is 2. The predicted octanol–water partition coefficient (Wildman–Crippen LogP) is 3.59. The summed E-state index contributed by atoms with van der Waals surface area (Å²) in [7, 11) is 0. The third-order valence-electron chi connectivity index (χ3n) is 3.03. The summed E-state index contributed by atoms with van der Waals surface area (Å²) in [6, 6.07) is 8.25. The van der Waals surface area contributed by atoms with Crippen molar-refractivity contribution >= 4 is 0 Å². The summed E-state index contributed by atoms with van der Waals surface area (Å²) in [6.45, 7) is 5.77. The molecule has 2 nitrogen and oxygen atoms in total. The Kier molecular flexibility index (Phi) is 6.90. The first-order valence-corrected chi connectivity index (χ1v) is 6.64. The highest BCUT2D eigenvalue weighted by molar-refractivity contribution is 5.28. The average molecular weight is 235 g/mol. The molecule has 0 fully saturated rings. The van der Waals surface area contributed by atoms with Crippen LogP contribution in [0, 0.1) is 6.92 Å². The molecule has 96 valence electrons. The number of ether oxygens (including phenoxy) is 1.